The molecule has 0 aliphatic rings. The third-order valence-corrected chi connectivity index (χ3v) is 2.80. The minimum Gasteiger partial charge on any atom is -0.497 e. The maximum Gasteiger partial charge on any atom is 0.120 e. The van der Waals surface area contributed by atoms with Crippen molar-refractivity contribution in [2.75, 3.05) is 13.7 Å². The second kappa shape index (κ2) is 7.17. The van der Waals surface area contributed by atoms with E-state index in [2.05, 4.69) is 26.1 Å². The molecule has 3 heteroatoms. The molecule has 2 atom stereocenters. The van der Waals surface area contributed by atoms with Crippen molar-refractivity contribution in [2.45, 2.75) is 39.3 Å². The molecule has 0 aliphatic heterocycles. The molecule has 0 bridgehead atoms. The Morgan fingerprint density at radius 3 is 2.24 bits per heavy atom. The van der Waals surface area contributed by atoms with E-state index in [9.17, 15) is 0 Å². The molecule has 0 fully saturated rings. The molecule has 0 aromatic heterocycles. The van der Waals surface area contributed by atoms with Crippen molar-refractivity contribution >= 4 is 0 Å². The third-order valence-electron chi connectivity index (χ3n) is 2.80. The lowest BCUT2D eigenvalue weighted by Crippen LogP contribution is -2.39. The highest BCUT2D eigenvalue weighted by Gasteiger charge is 2.12. The van der Waals surface area contributed by atoms with Crippen LogP contribution >= 0.6 is 0 Å². The van der Waals surface area contributed by atoms with E-state index in [1.165, 1.54) is 0 Å². The fourth-order valence-electron chi connectivity index (χ4n) is 1.51. The summed E-state index contributed by atoms with van der Waals surface area (Å²) in [5, 5.41) is 3.43. The molecular formula is C14H23NO2. The predicted octanol–water partition coefficient (Wildman–Crippen LogP) is 2.85. The molecule has 0 saturated heterocycles. The van der Waals surface area contributed by atoms with Crippen LogP contribution in [-0.2, 0) is 0 Å². The van der Waals surface area contributed by atoms with E-state index in [1.807, 2.05) is 24.3 Å². The lowest BCUT2D eigenvalue weighted by molar-refractivity contribution is 0.178. The van der Waals surface area contributed by atoms with Crippen LogP contribution in [0.3, 0.4) is 0 Å². The number of benzene rings is 1. The van der Waals surface area contributed by atoms with E-state index in [0.717, 1.165) is 24.5 Å². The first-order valence-corrected chi connectivity index (χ1v) is 6.21. The van der Waals surface area contributed by atoms with Gasteiger partial charge < -0.3 is 14.8 Å². The molecule has 0 heterocycles. The summed E-state index contributed by atoms with van der Waals surface area (Å²) in [6.45, 7) is 7.41. The Kier molecular flexibility index (Phi) is 5.84. The Bertz CT molecular complexity index is 311. The normalized spacial score (nSPS) is 14.1. The van der Waals surface area contributed by atoms with Gasteiger partial charge >= 0.3 is 0 Å². The van der Waals surface area contributed by atoms with Crippen LogP contribution in [0, 0.1) is 0 Å². The summed E-state index contributed by atoms with van der Waals surface area (Å²) in [4.78, 5) is 0. The highest BCUT2D eigenvalue weighted by atomic mass is 16.5. The third kappa shape index (κ3) is 4.65. The van der Waals surface area contributed by atoms with Crippen LogP contribution in [0.2, 0.25) is 0 Å². The van der Waals surface area contributed by atoms with Gasteiger partial charge in [0.2, 0.25) is 0 Å². The van der Waals surface area contributed by atoms with E-state index < -0.39 is 0 Å². The first-order chi connectivity index (χ1) is 8.17. The van der Waals surface area contributed by atoms with Crippen LogP contribution in [0.5, 0.6) is 11.5 Å². The maximum absolute atomic E-state index is 5.85. The van der Waals surface area contributed by atoms with Crippen molar-refractivity contribution in [1.29, 1.82) is 0 Å². The minimum absolute atomic E-state index is 0.148. The second-order valence-corrected chi connectivity index (χ2v) is 4.24. The molecule has 1 aromatic rings. The molecule has 3 nitrogen and oxygen atoms in total. The van der Waals surface area contributed by atoms with Gasteiger partial charge in [-0.3, -0.25) is 0 Å². The van der Waals surface area contributed by atoms with E-state index in [-0.39, 0.29) is 6.10 Å². The fourth-order valence-corrected chi connectivity index (χ4v) is 1.51. The first kappa shape index (κ1) is 13.8. The highest BCUT2D eigenvalue weighted by molar-refractivity contribution is 5.31. The molecule has 0 spiro atoms. The van der Waals surface area contributed by atoms with Gasteiger partial charge in [-0.2, -0.15) is 0 Å². The van der Waals surface area contributed by atoms with Gasteiger partial charge in [-0.25, -0.2) is 0 Å². The smallest absolute Gasteiger partial charge is 0.120 e. The molecule has 2 unspecified atom stereocenters. The average molecular weight is 237 g/mol. The SMILES string of the molecule is CCCNC(C)C(C)Oc1ccc(OC)cc1. The standard InChI is InChI=1S/C14H23NO2/c1-5-10-15-11(2)12(3)17-14-8-6-13(16-4)7-9-14/h6-9,11-12,15H,5,10H2,1-4H3. The Labute approximate surface area is 104 Å². The lowest BCUT2D eigenvalue weighted by atomic mass is 10.2. The predicted molar refractivity (Wildman–Crippen MR) is 70.8 cm³/mol. The van der Waals surface area contributed by atoms with E-state index in [0.29, 0.717) is 6.04 Å². The van der Waals surface area contributed by atoms with Gasteiger partial charge in [-0.1, -0.05) is 6.92 Å². The summed E-state index contributed by atoms with van der Waals surface area (Å²) in [5.74, 6) is 1.73. The number of ether oxygens (including phenoxy) is 2. The number of rotatable bonds is 7. The van der Waals surface area contributed by atoms with Crippen molar-refractivity contribution in [1.82, 2.24) is 5.32 Å². The number of hydrogen-bond donors (Lipinski definition) is 1. The van der Waals surface area contributed by atoms with Crippen LogP contribution in [-0.4, -0.2) is 25.8 Å². The van der Waals surface area contributed by atoms with Crippen molar-refractivity contribution in [3.05, 3.63) is 24.3 Å². The number of nitrogens with one attached hydrogen (secondary N) is 1. The van der Waals surface area contributed by atoms with Crippen LogP contribution in [0.15, 0.2) is 24.3 Å². The highest BCUT2D eigenvalue weighted by Crippen LogP contribution is 2.18. The summed E-state index contributed by atoms with van der Waals surface area (Å²) in [6, 6.07) is 8.03. The zero-order valence-electron chi connectivity index (χ0n) is 11.2. The molecule has 1 rings (SSSR count). The van der Waals surface area contributed by atoms with Gasteiger partial charge in [0, 0.05) is 6.04 Å². The van der Waals surface area contributed by atoms with Crippen LogP contribution in [0.4, 0.5) is 0 Å². The van der Waals surface area contributed by atoms with E-state index in [4.69, 9.17) is 9.47 Å². The van der Waals surface area contributed by atoms with Crippen LogP contribution in [0.1, 0.15) is 27.2 Å². The molecule has 1 aromatic carbocycles. The Balaban J connectivity index is 2.46. The zero-order valence-corrected chi connectivity index (χ0v) is 11.2. The summed E-state index contributed by atoms with van der Waals surface area (Å²) in [6.07, 6.45) is 1.29. The molecular weight excluding hydrogens is 214 g/mol. The molecule has 0 radical (unpaired) electrons. The minimum atomic E-state index is 0.148. The molecule has 0 aliphatic carbocycles. The number of methoxy groups -OCH3 is 1. The summed E-state index contributed by atoms with van der Waals surface area (Å²) in [7, 11) is 1.66. The average Bonchev–Trinajstić information content (AvgIpc) is 2.36. The summed E-state index contributed by atoms with van der Waals surface area (Å²) in [5.41, 5.74) is 0. The lowest BCUT2D eigenvalue weighted by Gasteiger charge is -2.22. The van der Waals surface area contributed by atoms with Crippen molar-refractivity contribution in [3.63, 3.8) is 0 Å². The van der Waals surface area contributed by atoms with Gasteiger partial charge in [0.15, 0.2) is 0 Å². The fraction of sp³-hybridized carbons (Fsp3) is 0.571. The molecule has 0 saturated carbocycles. The summed E-state index contributed by atoms with van der Waals surface area (Å²) < 4.78 is 11.0. The Morgan fingerprint density at radius 2 is 1.71 bits per heavy atom. The monoisotopic (exact) mass is 237 g/mol. The van der Waals surface area contributed by atoms with Gasteiger partial charge in [-0.05, 0) is 51.1 Å². The molecule has 17 heavy (non-hydrogen) atoms. The molecule has 1 N–H and O–H groups in total. The number of hydrogen-bond acceptors (Lipinski definition) is 3. The molecule has 0 amide bonds. The van der Waals surface area contributed by atoms with E-state index >= 15 is 0 Å². The topological polar surface area (TPSA) is 30.5 Å². The molecule has 96 valence electrons. The van der Waals surface area contributed by atoms with Gasteiger partial charge in [0.05, 0.1) is 7.11 Å². The van der Waals surface area contributed by atoms with E-state index in [1.54, 1.807) is 7.11 Å². The van der Waals surface area contributed by atoms with Gasteiger partial charge in [0.25, 0.3) is 0 Å². The van der Waals surface area contributed by atoms with Crippen LogP contribution < -0.4 is 14.8 Å². The second-order valence-electron chi connectivity index (χ2n) is 4.24. The quantitative estimate of drug-likeness (QED) is 0.791. The Morgan fingerprint density at radius 1 is 1.12 bits per heavy atom. The van der Waals surface area contributed by atoms with Crippen molar-refractivity contribution in [2.24, 2.45) is 0 Å². The van der Waals surface area contributed by atoms with Crippen molar-refractivity contribution < 1.29 is 9.47 Å². The van der Waals surface area contributed by atoms with Crippen LogP contribution in [0.25, 0.3) is 0 Å². The van der Waals surface area contributed by atoms with Gasteiger partial charge in [-0.15, -0.1) is 0 Å². The zero-order chi connectivity index (χ0) is 12.7. The van der Waals surface area contributed by atoms with Gasteiger partial charge in [0.1, 0.15) is 17.6 Å². The largest absolute Gasteiger partial charge is 0.497 e. The first-order valence-electron chi connectivity index (χ1n) is 6.21. The Hall–Kier alpha value is -1.22. The van der Waals surface area contributed by atoms with Crippen molar-refractivity contribution in [3.8, 4) is 11.5 Å². The maximum atomic E-state index is 5.85. The summed E-state index contributed by atoms with van der Waals surface area (Å²) >= 11 is 0.